The molecule has 96 valence electrons. The second-order valence-corrected chi connectivity index (χ2v) is 4.38. The third-order valence-electron chi connectivity index (χ3n) is 2.78. The molecule has 0 aliphatic carbocycles. The van der Waals surface area contributed by atoms with Crippen LogP contribution in [0.15, 0.2) is 0 Å². The van der Waals surface area contributed by atoms with Gasteiger partial charge in [0.1, 0.15) is 11.0 Å². The van der Waals surface area contributed by atoms with Crippen molar-refractivity contribution in [2.45, 2.75) is 26.7 Å². The van der Waals surface area contributed by atoms with E-state index in [2.05, 4.69) is 22.2 Å². The van der Waals surface area contributed by atoms with E-state index in [-0.39, 0.29) is 12.6 Å². The molecule has 0 saturated heterocycles. The summed E-state index contributed by atoms with van der Waals surface area (Å²) >= 11 is 5.90. The molecule has 0 aliphatic heterocycles. The maximum Gasteiger partial charge on any atom is 0.223 e. The van der Waals surface area contributed by atoms with Gasteiger partial charge in [-0.25, -0.2) is 4.98 Å². The van der Waals surface area contributed by atoms with E-state index in [1.807, 2.05) is 6.92 Å². The molecule has 0 saturated carbocycles. The van der Waals surface area contributed by atoms with Crippen LogP contribution in [0.2, 0.25) is 5.15 Å². The highest BCUT2D eigenvalue weighted by Crippen LogP contribution is 2.20. The molecular weight excluding hydrogens is 240 g/mol. The van der Waals surface area contributed by atoms with Gasteiger partial charge in [0.05, 0.1) is 0 Å². The highest BCUT2D eigenvalue weighted by Gasteiger charge is 2.08. The van der Waals surface area contributed by atoms with E-state index in [9.17, 15) is 0 Å². The Morgan fingerprint density at radius 1 is 1.47 bits per heavy atom. The van der Waals surface area contributed by atoms with Crippen molar-refractivity contribution in [3.8, 4) is 0 Å². The Morgan fingerprint density at radius 3 is 2.76 bits per heavy atom. The smallest absolute Gasteiger partial charge is 0.223 e. The normalized spacial score (nSPS) is 12.5. The molecule has 6 heteroatoms. The predicted molar refractivity (Wildman–Crippen MR) is 70.2 cm³/mol. The second-order valence-electron chi connectivity index (χ2n) is 4.02. The van der Waals surface area contributed by atoms with Gasteiger partial charge in [0, 0.05) is 18.7 Å². The molecule has 1 unspecified atom stereocenters. The Balaban J connectivity index is 2.57. The fraction of sp³-hybridized carbons (Fsp3) is 0.636. The van der Waals surface area contributed by atoms with Crippen LogP contribution in [0.1, 0.15) is 25.3 Å². The summed E-state index contributed by atoms with van der Waals surface area (Å²) in [7, 11) is 0. The van der Waals surface area contributed by atoms with E-state index in [1.165, 1.54) is 0 Å². The number of aromatic nitrogens is 2. The van der Waals surface area contributed by atoms with Gasteiger partial charge in [0.25, 0.3) is 0 Å². The molecule has 0 spiro atoms. The first kappa shape index (κ1) is 14.0. The van der Waals surface area contributed by atoms with Gasteiger partial charge in [0.2, 0.25) is 5.95 Å². The summed E-state index contributed by atoms with van der Waals surface area (Å²) in [6, 6.07) is 0. The number of anilines is 2. The maximum atomic E-state index is 9.07. The van der Waals surface area contributed by atoms with Crippen molar-refractivity contribution in [3.63, 3.8) is 0 Å². The fourth-order valence-corrected chi connectivity index (χ4v) is 1.67. The summed E-state index contributed by atoms with van der Waals surface area (Å²) in [5, 5.41) is 12.6. The molecule has 1 heterocycles. The second kappa shape index (κ2) is 6.61. The lowest BCUT2D eigenvalue weighted by Gasteiger charge is -2.13. The maximum absolute atomic E-state index is 9.07. The first-order valence-electron chi connectivity index (χ1n) is 5.72. The van der Waals surface area contributed by atoms with Gasteiger partial charge in [-0.3, -0.25) is 0 Å². The molecule has 0 aliphatic rings. The highest BCUT2D eigenvalue weighted by atomic mass is 35.5. The first-order valence-corrected chi connectivity index (χ1v) is 6.10. The number of nitrogen functional groups attached to an aromatic ring is 1. The lowest BCUT2D eigenvalue weighted by molar-refractivity contribution is 0.217. The van der Waals surface area contributed by atoms with Crippen LogP contribution in [0, 0.1) is 12.8 Å². The summed E-state index contributed by atoms with van der Waals surface area (Å²) in [5.74, 6) is 1.14. The van der Waals surface area contributed by atoms with Crippen LogP contribution < -0.4 is 11.1 Å². The van der Waals surface area contributed by atoms with Gasteiger partial charge in [-0.05, 0) is 19.3 Å². The van der Waals surface area contributed by atoms with Crippen LogP contribution in [-0.4, -0.2) is 28.2 Å². The zero-order chi connectivity index (χ0) is 12.8. The zero-order valence-electron chi connectivity index (χ0n) is 10.2. The van der Waals surface area contributed by atoms with Gasteiger partial charge in [-0.1, -0.05) is 24.9 Å². The van der Waals surface area contributed by atoms with Crippen molar-refractivity contribution in [3.05, 3.63) is 10.7 Å². The van der Waals surface area contributed by atoms with Crippen molar-refractivity contribution in [1.82, 2.24) is 9.97 Å². The van der Waals surface area contributed by atoms with E-state index in [0.29, 0.717) is 16.9 Å². The summed E-state index contributed by atoms with van der Waals surface area (Å²) < 4.78 is 0. The van der Waals surface area contributed by atoms with Crippen LogP contribution in [0.4, 0.5) is 11.8 Å². The molecule has 1 atom stereocenters. The number of halogens is 1. The quantitative estimate of drug-likeness (QED) is 0.678. The highest BCUT2D eigenvalue weighted by molar-refractivity contribution is 6.30. The monoisotopic (exact) mass is 258 g/mol. The lowest BCUT2D eigenvalue weighted by Crippen LogP contribution is -2.13. The molecule has 0 radical (unpaired) electrons. The Hall–Kier alpha value is -1.07. The van der Waals surface area contributed by atoms with Crippen LogP contribution >= 0.6 is 11.6 Å². The Kier molecular flexibility index (Phi) is 5.44. The van der Waals surface area contributed by atoms with E-state index in [0.717, 1.165) is 24.9 Å². The Bertz CT molecular complexity index is 369. The van der Waals surface area contributed by atoms with Crippen LogP contribution in [0.5, 0.6) is 0 Å². The van der Waals surface area contributed by atoms with E-state index in [1.54, 1.807) is 0 Å². The number of nitrogens with one attached hydrogen (secondary N) is 1. The standard InChI is InChI=1S/C11H19ClN4O/c1-3-8(6-17)4-5-14-10-7(2)9(12)15-11(13)16-10/h8,17H,3-6H2,1-2H3,(H3,13,14,15,16). The van der Waals surface area contributed by atoms with Gasteiger partial charge in [-0.15, -0.1) is 0 Å². The van der Waals surface area contributed by atoms with Crippen molar-refractivity contribution in [2.75, 3.05) is 24.2 Å². The minimum atomic E-state index is 0.164. The summed E-state index contributed by atoms with van der Waals surface area (Å²) in [6.45, 7) is 4.84. The molecule has 17 heavy (non-hydrogen) atoms. The van der Waals surface area contributed by atoms with Gasteiger partial charge in [0.15, 0.2) is 0 Å². The molecule has 0 amide bonds. The Morgan fingerprint density at radius 2 is 2.18 bits per heavy atom. The third-order valence-corrected chi connectivity index (χ3v) is 3.15. The van der Waals surface area contributed by atoms with Crippen LogP contribution in [0.25, 0.3) is 0 Å². The largest absolute Gasteiger partial charge is 0.396 e. The van der Waals surface area contributed by atoms with Gasteiger partial charge < -0.3 is 16.2 Å². The minimum absolute atomic E-state index is 0.164. The molecular formula is C11H19ClN4O. The number of rotatable bonds is 6. The summed E-state index contributed by atoms with van der Waals surface area (Å²) in [4.78, 5) is 7.95. The van der Waals surface area contributed by atoms with Crippen molar-refractivity contribution < 1.29 is 5.11 Å². The molecule has 5 nitrogen and oxygen atoms in total. The number of aliphatic hydroxyl groups excluding tert-OH is 1. The van der Waals surface area contributed by atoms with E-state index >= 15 is 0 Å². The molecule has 0 fully saturated rings. The van der Waals surface area contributed by atoms with Crippen molar-refractivity contribution in [1.29, 1.82) is 0 Å². The number of nitrogens with zero attached hydrogens (tertiary/aromatic N) is 2. The van der Waals surface area contributed by atoms with Gasteiger partial charge in [-0.2, -0.15) is 4.98 Å². The molecule has 1 rings (SSSR count). The molecule has 4 N–H and O–H groups in total. The topological polar surface area (TPSA) is 84.1 Å². The predicted octanol–water partition coefficient (Wildman–Crippen LogP) is 1.84. The van der Waals surface area contributed by atoms with Crippen molar-refractivity contribution in [2.24, 2.45) is 5.92 Å². The van der Waals surface area contributed by atoms with E-state index in [4.69, 9.17) is 22.4 Å². The number of hydrogen-bond acceptors (Lipinski definition) is 5. The third kappa shape index (κ3) is 4.02. The lowest BCUT2D eigenvalue weighted by atomic mass is 10.0. The van der Waals surface area contributed by atoms with Crippen LogP contribution in [0.3, 0.4) is 0 Å². The Labute approximate surface area is 106 Å². The van der Waals surface area contributed by atoms with Crippen LogP contribution in [-0.2, 0) is 0 Å². The fourth-order valence-electron chi connectivity index (χ4n) is 1.50. The van der Waals surface area contributed by atoms with Crippen molar-refractivity contribution >= 4 is 23.4 Å². The molecule has 1 aromatic rings. The van der Waals surface area contributed by atoms with E-state index < -0.39 is 0 Å². The zero-order valence-corrected chi connectivity index (χ0v) is 11.0. The van der Waals surface area contributed by atoms with Gasteiger partial charge >= 0.3 is 0 Å². The number of aliphatic hydroxyl groups is 1. The number of nitrogens with two attached hydrogens (primary N) is 1. The summed E-state index contributed by atoms with van der Waals surface area (Å²) in [5.41, 5.74) is 6.32. The average molecular weight is 259 g/mol. The SMILES string of the molecule is CCC(CO)CCNc1nc(N)nc(Cl)c1C. The first-order chi connectivity index (χ1) is 8.08. The molecule has 0 bridgehead atoms. The average Bonchev–Trinajstić information content (AvgIpc) is 2.30. The number of hydrogen-bond donors (Lipinski definition) is 3. The summed E-state index contributed by atoms with van der Waals surface area (Å²) in [6.07, 6.45) is 1.85. The minimum Gasteiger partial charge on any atom is -0.396 e. The molecule has 0 aromatic carbocycles. The molecule has 1 aromatic heterocycles.